The van der Waals surface area contributed by atoms with Gasteiger partial charge in [0.05, 0.1) is 6.04 Å². The van der Waals surface area contributed by atoms with E-state index in [9.17, 15) is 4.79 Å². The lowest BCUT2D eigenvalue weighted by Crippen LogP contribution is -2.45. The molecule has 1 saturated heterocycles. The molecule has 3 atom stereocenters. The van der Waals surface area contributed by atoms with Gasteiger partial charge >= 0.3 is 0 Å². The first-order valence-electron chi connectivity index (χ1n) is 8.53. The first-order chi connectivity index (χ1) is 11.0. The zero-order valence-electron chi connectivity index (χ0n) is 14.7. The molecule has 1 aromatic rings. The van der Waals surface area contributed by atoms with Crippen LogP contribution >= 0.6 is 0 Å². The van der Waals surface area contributed by atoms with Crippen LogP contribution in [0.25, 0.3) is 0 Å². The lowest BCUT2D eigenvalue weighted by Gasteiger charge is -2.26. The second kappa shape index (κ2) is 8.43. The molecule has 23 heavy (non-hydrogen) atoms. The highest BCUT2D eigenvalue weighted by Gasteiger charge is 2.29. The van der Waals surface area contributed by atoms with Gasteiger partial charge in [-0.25, -0.2) is 5.43 Å². The Kier molecular flexibility index (Phi) is 6.57. The number of hydrogen-bond acceptors (Lipinski definition) is 4. The summed E-state index contributed by atoms with van der Waals surface area (Å²) in [6.07, 6.45) is 3.08. The number of rotatable bonds is 7. The molecule has 1 aliphatic rings. The van der Waals surface area contributed by atoms with Crippen LogP contribution < -0.4 is 16.2 Å². The molecule has 0 spiro atoms. The molecule has 128 valence electrons. The summed E-state index contributed by atoms with van der Waals surface area (Å²) < 4.78 is 0. The van der Waals surface area contributed by atoms with E-state index >= 15 is 0 Å². The number of benzene rings is 1. The summed E-state index contributed by atoms with van der Waals surface area (Å²) >= 11 is 0. The van der Waals surface area contributed by atoms with Gasteiger partial charge in [0.15, 0.2) is 0 Å². The van der Waals surface area contributed by atoms with E-state index in [2.05, 4.69) is 59.2 Å². The van der Waals surface area contributed by atoms with Crippen LogP contribution in [0.3, 0.4) is 0 Å². The lowest BCUT2D eigenvalue weighted by molar-refractivity contribution is -0.123. The molecule has 3 unspecified atom stereocenters. The normalized spacial score (nSPS) is 22.3. The maximum Gasteiger partial charge on any atom is 0.238 e. The van der Waals surface area contributed by atoms with Crippen molar-refractivity contribution in [3.8, 4) is 0 Å². The molecule has 0 aliphatic carbocycles. The van der Waals surface area contributed by atoms with E-state index in [1.807, 2.05) is 14.1 Å². The lowest BCUT2D eigenvalue weighted by atomic mass is 10.0. The van der Waals surface area contributed by atoms with E-state index < -0.39 is 0 Å². The number of nitrogens with one attached hydrogen (secondary N) is 3. The third-order valence-corrected chi connectivity index (χ3v) is 4.49. The Balaban J connectivity index is 1.89. The van der Waals surface area contributed by atoms with Crippen molar-refractivity contribution in [2.24, 2.45) is 0 Å². The fourth-order valence-electron chi connectivity index (χ4n) is 3.04. The number of likely N-dealkylation sites (N-methyl/N-ethyl adjacent to an activating group) is 1. The zero-order chi connectivity index (χ0) is 16.8. The zero-order valence-corrected chi connectivity index (χ0v) is 14.7. The maximum absolute atomic E-state index is 12.4. The van der Waals surface area contributed by atoms with E-state index in [0.717, 1.165) is 19.3 Å². The number of hydrogen-bond donors (Lipinski definition) is 3. The molecule has 0 aromatic heterocycles. The largest absolute Gasteiger partial charge is 0.353 e. The monoisotopic (exact) mass is 318 g/mol. The fourth-order valence-corrected chi connectivity index (χ4v) is 3.04. The maximum atomic E-state index is 12.4. The van der Waals surface area contributed by atoms with Crippen LogP contribution in [0.2, 0.25) is 0 Å². The number of amides is 1. The Morgan fingerprint density at radius 1 is 1.30 bits per heavy atom. The Morgan fingerprint density at radius 2 is 2.00 bits per heavy atom. The molecule has 5 heteroatoms. The highest BCUT2D eigenvalue weighted by atomic mass is 16.2. The Morgan fingerprint density at radius 3 is 2.61 bits per heavy atom. The quantitative estimate of drug-likeness (QED) is 0.717. The number of carbonyl (C=O) groups is 1. The minimum Gasteiger partial charge on any atom is -0.353 e. The molecule has 1 heterocycles. The highest BCUT2D eigenvalue weighted by Crippen LogP contribution is 2.18. The van der Waals surface area contributed by atoms with Gasteiger partial charge in [-0.1, -0.05) is 43.2 Å². The summed E-state index contributed by atoms with van der Waals surface area (Å²) in [5, 5.41) is 3.10. The number of aryl methyl sites for hydroxylation is 1. The van der Waals surface area contributed by atoms with Crippen molar-refractivity contribution < 1.29 is 4.79 Å². The topological polar surface area (TPSA) is 56.4 Å². The molecule has 0 bridgehead atoms. The van der Waals surface area contributed by atoms with Gasteiger partial charge in [0.2, 0.25) is 5.91 Å². The van der Waals surface area contributed by atoms with Crippen molar-refractivity contribution in [1.82, 2.24) is 21.1 Å². The first kappa shape index (κ1) is 17.9. The summed E-state index contributed by atoms with van der Waals surface area (Å²) in [6, 6.07) is 8.96. The SMILES string of the molecule is CCCC1CC(C(=O)NCC(c2ccc(C)cc2)N(C)C)NN1. The predicted octanol–water partition coefficient (Wildman–Crippen LogP) is 1.75. The van der Waals surface area contributed by atoms with Crippen molar-refractivity contribution in [3.63, 3.8) is 0 Å². The highest BCUT2D eigenvalue weighted by molar-refractivity contribution is 5.82. The van der Waals surface area contributed by atoms with Crippen LogP contribution in [-0.4, -0.2) is 43.5 Å². The summed E-state index contributed by atoms with van der Waals surface area (Å²) in [6.45, 7) is 4.87. The van der Waals surface area contributed by atoms with E-state index in [-0.39, 0.29) is 18.0 Å². The molecule has 1 aromatic carbocycles. The minimum absolute atomic E-state index is 0.0788. The van der Waals surface area contributed by atoms with E-state index in [1.165, 1.54) is 11.1 Å². The summed E-state index contributed by atoms with van der Waals surface area (Å²) in [7, 11) is 4.09. The third kappa shape index (κ3) is 5.03. The van der Waals surface area contributed by atoms with Crippen LogP contribution in [-0.2, 0) is 4.79 Å². The summed E-state index contributed by atoms with van der Waals surface area (Å²) in [4.78, 5) is 14.5. The molecule has 5 nitrogen and oxygen atoms in total. The first-order valence-corrected chi connectivity index (χ1v) is 8.53. The van der Waals surface area contributed by atoms with E-state index in [0.29, 0.717) is 12.6 Å². The predicted molar refractivity (Wildman–Crippen MR) is 94.0 cm³/mol. The molecule has 0 radical (unpaired) electrons. The smallest absolute Gasteiger partial charge is 0.238 e. The number of nitrogens with zero attached hydrogens (tertiary/aromatic N) is 1. The standard InChI is InChI=1S/C18H30N4O/c1-5-6-15-11-16(21-20-15)18(23)19-12-17(22(3)4)14-9-7-13(2)8-10-14/h7-10,15-17,20-21H,5-6,11-12H2,1-4H3,(H,19,23). The summed E-state index contributed by atoms with van der Waals surface area (Å²) in [5.41, 5.74) is 8.80. The van der Waals surface area contributed by atoms with E-state index in [4.69, 9.17) is 0 Å². The molecule has 3 N–H and O–H groups in total. The van der Waals surface area contributed by atoms with Crippen LogP contribution in [0.4, 0.5) is 0 Å². The van der Waals surface area contributed by atoms with Gasteiger partial charge in [-0.05, 0) is 39.4 Å². The van der Waals surface area contributed by atoms with Gasteiger partial charge < -0.3 is 10.2 Å². The van der Waals surface area contributed by atoms with Crippen molar-refractivity contribution in [2.75, 3.05) is 20.6 Å². The van der Waals surface area contributed by atoms with Crippen LogP contribution in [0.1, 0.15) is 43.4 Å². The average Bonchev–Trinajstić information content (AvgIpc) is 2.98. The number of hydrazine groups is 1. The van der Waals surface area contributed by atoms with Crippen LogP contribution in [0.15, 0.2) is 24.3 Å². The van der Waals surface area contributed by atoms with Crippen LogP contribution in [0, 0.1) is 6.92 Å². The van der Waals surface area contributed by atoms with Gasteiger partial charge in [-0.3, -0.25) is 10.2 Å². The molecule has 0 saturated carbocycles. The third-order valence-electron chi connectivity index (χ3n) is 4.49. The molecular formula is C18H30N4O. The van der Waals surface area contributed by atoms with E-state index in [1.54, 1.807) is 0 Å². The number of carbonyl (C=O) groups excluding carboxylic acids is 1. The van der Waals surface area contributed by atoms with Crippen molar-refractivity contribution in [3.05, 3.63) is 35.4 Å². The minimum atomic E-state index is -0.132. The second-order valence-corrected chi connectivity index (χ2v) is 6.70. The van der Waals surface area contributed by atoms with Gasteiger partial charge in [0.1, 0.15) is 6.04 Å². The Hall–Kier alpha value is -1.43. The molecule has 1 amide bonds. The summed E-state index contributed by atoms with van der Waals surface area (Å²) in [5.74, 6) is 0.0788. The van der Waals surface area contributed by atoms with Gasteiger partial charge in [-0.2, -0.15) is 0 Å². The average molecular weight is 318 g/mol. The van der Waals surface area contributed by atoms with Gasteiger partial charge in [0, 0.05) is 12.6 Å². The van der Waals surface area contributed by atoms with Crippen molar-refractivity contribution in [1.29, 1.82) is 0 Å². The molecule has 2 rings (SSSR count). The Labute approximate surface area is 139 Å². The van der Waals surface area contributed by atoms with Gasteiger partial charge in [-0.15, -0.1) is 0 Å². The molecule has 1 aliphatic heterocycles. The molecule has 1 fully saturated rings. The van der Waals surface area contributed by atoms with Crippen molar-refractivity contribution >= 4 is 5.91 Å². The van der Waals surface area contributed by atoms with Crippen LogP contribution in [0.5, 0.6) is 0 Å². The molecular weight excluding hydrogens is 288 g/mol. The van der Waals surface area contributed by atoms with Gasteiger partial charge in [0.25, 0.3) is 0 Å². The van der Waals surface area contributed by atoms with Crippen molar-refractivity contribution in [2.45, 2.75) is 51.2 Å². The Bertz CT molecular complexity index is 500. The second-order valence-electron chi connectivity index (χ2n) is 6.70. The fraction of sp³-hybridized carbons (Fsp3) is 0.611.